The molecule has 6 aliphatic rings. The molecule has 2 aromatic heterocycles. The molecule has 0 bridgehead atoms. The standard InChI is InChI=1S/C37H41N11O7S/c1-20-13-29(56-43-20)42-32-30(31(38)50)39-15-27(40-32)45-10-2-3-23(16-45)47-19-37(55-36(47)54)17-46(18-37)21-8-11-44(12-9-21)22-4-5-24-25(14-22)35(53)48(34(24)52)26-6-7-28(49)41-33(26)51/h4-5,13-15,21,23,26H,2-3,6-12,16-19H2,1H3,(H2,38,50)(H,40,42)(H,41,49,51)/t23-,26?/m1/s1. The van der Waals surface area contributed by atoms with Gasteiger partial charge in [-0.05, 0) is 74.8 Å². The number of fused-ring (bicyclic) bond motifs is 1. The van der Waals surface area contributed by atoms with Crippen molar-refractivity contribution in [3.63, 3.8) is 0 Å². The number of primary amides is 1. The van der Waals surface area contributed by atoms with Gasteiger partial charge in [-0.2, -0.15) is 4.37 Å². The number of amides is 6. The third-order valence-corrected chi connectivity index (χ3v) is 12.6. The van der Waals surface area contributed by atoms with Gasteiger partial charge in [0.1, 0.15) is 16.9 Å². The molecule has 1 aromatic carbocycles. The van der Waals surface area contributed by atoms with Crippen LogP contribution in [-0.2, 0) is 14.3 Å². The second-order valence-corrected chi connectivity index (χ2v) is 16.3. The highest BCUT2D eigenvalue weighted by atomic mass is 32.1. The molecule has 0 aliphatic carbocycles. The van der Waals surface area contributed by atoms with Crippen LogP contribution in [0.1, 0.15) is 75.4 Å². The summed E-state index contributed by atoms with van der Waals surface area (Å²) >= 11 is 1.25. The number of imide groups is 2. The summed E-state index contributed by atoms with van der Waals surface area (Å²) in [6.45, 7) is 6.49. The fraction of sp³-hybridized carbons (Fsp3) is 0.486. The van der Waals surface area contributed by atoms with Gasteiger partial charge in [0.05, 0.1) is 35.6 Å². The van der Waals surface area contributed by atoms with Crippen LogP contribution in [0.15, 0.2) is 30.5 Å². The second-order valence-electron chi connectivity index (χ2n) is 15.5. The molecule has 3 aromatic rings. The summed E-state index contributed by atoms with van der Waals surface area (Å²) in [5.74, 6) is -1.91. The van der Waals surface area contributed by atoms with Crippen LogP contribution in [0, 0.1) is 6.92 Å². The maximum Gasteiger partial charge on any atom is 0.410 e. The van der Waals surface area contributed by atoms with Crippen LogP contribution in [0.5, 0.6) is 0 Å². The second kappa shape index (κ2) is 13.8. The van der Waals surface area contributed by atoms with Crippen LogP contribution in [0.3, 0.4) is 0 Å². The van der Waals surface area contributed by atoms with Gasteiger partial charge in [-0.1, -0.05) is 0 Å². The fourth-order valence-electron chi connectivity index (χ4n) is 8.95. The topological polar surface area (TPSA) is 217 Å². The fourth-order valence-corrected chi connectivity index (χ4v) is 9.61. The summed E-state index contributed by atoms with van der Waals surface area (Å²) in [5, 5.41) is 6.09. The van der Waals surface area contributed by atoms with Crippen LogP contribution in [0.4, 0.5) is 27.1 Å². The van der Waals surface area contributed by atoms with Crippen molar-refractivity contribution in [2.75, 3.05) is 60.9 Å². The predicted octanol–water partition coefficient (Wildman–Crippen LogP) is 1.63. The number of aromatic nitrogens is 3. The maximum absolute atomic E-state index is 13.4. The molecule has 9 rings (SSSR count). The first-order valence-corrected chi connectivity index (χ1v) is 19.7. The van der Waals surface area contributed by atoms with Crippen molar-refractivity contribution in [2.24, 2.45) is 5.73 Å². The highest BCUT2D eigenvalue weighted by Gasteiger charge is 2.56. The van der Waals surface area contributed by atoms with Crippen molar-refractivity contribution in [2.45, 2.75) is 69.2 Å². The van der Waals surface area contributed by atoms with Crippen LogP contribution in [0.25, 0.3) is 0 Å². The smallest absolute Gasteiger partial charge is 0.410 e. The molecule has 4 N–H and O–H groups in total. The number of carbonyl (C=O) groups excluding carboxylic acids is 6. The largest absolute Gasteiger partial charge is 0.438 e. The Bertz CT molecular complexity index is 2160. The van der Waals surface area contributed by atoms with Gasteiger partial charge >= 0.3 is 6.09 Å². The highest BCUT2D eigenvalue weighted by molar-refractivity contribution is 7.10. The van der Waals surface area contributed by atoms with Gasteiger partial charge in [0.25, 0.3) is 17.7 Å². The lowest BCUT2D eigenvalue weighted by molar-refractivity contribution is -0.136. The van der Waals surface area contributed by atoms with E-state index in [-0.39, 0.29) is 47.6 Å². The van der Waals surface area contributed by atoms with Gasteiger partial charge in [0.15, 0.2) is 17.1 Å². The quantitative estimate of drug-likeness (QED) is 0.277. The summed E-state index contributed by atoms with van der Waals surface area (Å²) in [5.41, 5.74) is 7.31. The van der Waals surface area contributed by atoms with Gasteiger partial charge < -0.3 is 25.6 Å². The molecule has 5 fully saturated rings. The number of aryl methyl sites for hydroxylation is 1. The molecule has 56 heavy (non-hydrogen) atoms. The summed E-state index contributed by atoms with van der Waals surface area (Å²) in [4.78, 5) is 94.6. The monoisotopic (exact) mass is 783 g/mol. The highest BCUT2D eigenvalue weighted by Crippen LogP contribution is 2.39. The lowest BCUT2D eigenvalue weighted by Gasteiger charge is -2.51. The number of carbonyl (C=O) groups is 6. The number of likely N-dealkylation sites (tertiary alicyclic amines) is 1. The zero-order valence-electron chi connectivity index (χ0n) is 30.7. The number of nitrogens with two attached hydrogens (primary N) is 1. The minimum absolute atomic E-state index is 0.0381. The van der Waals surface area contributed by atoms with Crippen molar-refractivity contribution in [3.8, 4) is 0 Å². The minimum Gasteiger partial charge on any atom is -0.438 e. The Labute approximate surface area is 325 Å². The van der Waals surface area contributed by atoms with Gasteiger partial charge in [0, 0.05) is 57.4 Å². The molecule has 18 nitrogen and oxygen atoms in total. The summed E-state index contributed by atoms with van der Waals surface area (Å²) in [7, 11) is 0. The number of rotatable bonds is 8. The molecule has 19 heteroatoms. The lowest BCUT2D eigenvalue weighted by atomic mass is 9.88. The molecule has 0 saturated carbocycles. The first kappa shape index (κ1) is 36.0. The molecule has 6 aliphatic heterocycles. The Kier molecular flexibility index (Phi) is 8.87. The van der Waals surface area contributed by atoms with Gasteiger partial charge in [0.2, 0.25) is 11.8 Å². The first-order valence-electron chi connectivity index (χ1n) is 18.9. The SMILES string of the molecule is Cc1cc(Nc2nc(N3CCC[C@@H](N4CC5(CN(C6CCN(c7ccc8c(c7)C(=O)N(C7CCC(=O)NC7=O)C8=O)CC6)C5)OC4=O)C3)cnc2C(N)=O)sn1. The van der Waals surface area contributed by atoms with E-state index in [4.69, 9.17) is 15.5 Å². The summed E-state index contributed by atoms with van der Waals surface area (Å²) in [6, 6.07) is 6.33. The third-order valence-electron chi connectivity index (χ3n) is 11.8. The number of hydrogen-bond donors (Lipinski definition) is 3. The minimum atomic E-state index is -0.998. The first-order chi connectivity index (χ1) is 26.9. The zero-order chi connectivity index (χ0) is 38.9. The Balaban J connectivity index is 0.792. The van der Waals surface area contributed by atoms with Crippen molar-refractivity contribution >= 4 is 69.5 Å². The molecule has 2 atom stereocenters. The molecule has 8 heterocycles. The van der Waals surface area contributed by atoms with Crippen LogP contribution in [-0.4, -0.2) is 134 Å². The number of benzene rings is 1. The van der Waals surface area contributed by atoms with E-state index in [1.54, 1.807) is 18.3 Å². The third kappa shape index (κ3) is 6.37. The summed E-state index contributed by atoms with van der Waals surface area (Å²) in [6.07, 6.45) is 4.87. The van der Waals surface area contributed by atoms with E-state index < -0.39 is 41.2 Å². The van der Waals surface area contributed by atoms with E-state index in [1.807, 2.05) is 24.0 Å². The average Bonchev–Trinajstić information content (AvgIpc) is 3.83. The van der Waals surface area contributed by atoms with Gasteiger partial charge in [-0.3, -0.25) is 44.0 Å². The Morgan fingerprint density at radius 3 is 2.48 bits per heavy atom. The average molecular weight is 784 g/mol. The lowest BCUT2D eigenvalue weighted by Crippen LogP contribution is -2.67. The molecule has 1 spiro atoms. The Hall–Kier alpha value is -5.69. The molecule has 6 amide bonds. The maximum atomic E-state index is 13.4. The number of nitrogens with zero attached hydrogens (tertiary/aromatic N) is 8. The molecular weight excluding hydrogens is 743 g/mol. The predicted molar refractivity (Wildman–Crippen MR) is 202 cm³/mol. The molecule has 1 unspecified atom stereocenters. The van der Waals surface area contributed by atoms with Crippen molar-refractivity contribution in [3.05, 3.63) is 53.0 Å². The molecule has 5 saturated heterocycles. The number of hydrogen-bond acceptors (Lipinski definition) is 15. The number of piperidine rings is 3. The van der Waals surface area contributed by atoms with Crippen molar-refractivity contribution in [1.82, 2.24) is 34.4 Å². The molecule has 0 radical (unpaired) electrons. The Morgan fingerprint density at radius 1 is 0.964 bits per heavy atom. The number of anilines is 4. The van der Waals surface area contributed by atoms with E-state index in [9.17, 15) is 28.8 Å². The van der Waals surface area contributed by atoms with Crippen LogP contribution < -0.4 is 26.2 Å². The Morgan fingerprint density at radius 2 is 1.75 bits per heavy atom. The van der Waals surface area contributed by atoms with Crippen LogP contribution >= 0.6 is 11.5 Å². The van der Waals surface area contributed by atoms with Gasteiger partial charge in [-0.25, -0.2) is 14.8 Å². The molecular formula is C37H41N11O7S. The number of nitrogens with one attached hydrogen (secondary N) is 2. The van der Waals surface area contributed by atoms with Gasteiger partial charge in [-0.15, -0.1) is 0 Å². The molecule has 292 valence electrons. The van der Waals surface area contributed by atoms with Crippen LogP contribution in [0.2, 0.25) is 0 Å². The van der Waals surface area contributed by atoms with Crippen molar-refractivity contribution < 1.29 is 33.5 Å². The number of ether oxygens (including phenoxy) is 1. The zero-order valence-corrected chi connectivity index (χ0v) is 31.5. The van der Waals surface area contributed by atoms with E-state index >= 15 is 0 Å². The van der Waals surface area contributed by atoms with E-state index in [2.05, 4.69) is 34.7 Å². The van der Waals surface area contributed by atoms with E-state index in [1.165, 1.54) is 11.5 Å². The normalized spacial score (nSPS) is 24.1. The van der Waals surface area contributed by atoms with E-state index in [0.717, 1.165) is 66.6 Å². The summed E-state index contributed by atoms with van der Waals surface area (Å²) < 4.78 is 10.4. The van der Waals surface area contributed by atoms with Crippen molar-refractivity contribution in [1.29, 1.82) is 0 Å². The van der Waals surface area contributed by atoms with E-state index in [0.29, 0.717) is 38.0 Å².